The highest BCUT2D eigenvalue weighted by atomic mass is 16.2. The monoisotopic (exact) mass is 246 g/mol. The van der Waals surface area contributed by atoms with Gasteiger partial charge in [0.25, 0.3) is 0 Å². The lowest BCUT2D eigenvalue weighted by molar-refractivity contribution is -0.734. The molecule has 0 atom stereocenters. The van der Waals surface area contributed by atoms with Gasteiger partial charge in [-0.2, -0.15) is 0 Å². The summed E-state index contributed by atoms with van der Waals surface area (Å²) in [6.07, 6.45) is 2.71. The highest BCUT2D eigenvalue weighted by molar-refractivity contribution is 5.98. The Labute approximate surface area is 107 Å². The van der Waals surface area contributed by atoms with Gasteiger partial charge in [0.05, 0.1) is 13.1 Å². The largest absolute Gasteiger partial charge is 0.344 e. The molecule has 0 aromatic carbocycles. The fourth-order valence-electron chi connectivity index (χ4n) is 2.68. The van der Waals surface area contributed by atoms with Crippen LogP contribution >= 0.6 is 0 Å². The molecule has 0 unspecified atom stereocenters. The molecule has 18 heavy (non-hydrogen) atoms. The van der Waals surface area contributed by atoms with Gasteiger partial charge in [0, 0.05) is 12.6 Å². The normalized spacial score (nSPS) is 21.2. The summed E-state index contributed by atoms with van der Waals surface area (Å²) in [6.45, 7) is 8.36. The van der Waals surface area contributed by atoms with Gasteiger partial charge in [0.1, 0.15) is 5.82 Å². The van der Waals surface area contributed by atoms with E-state index in [0.717, 1.165) is 25.3 Å². The van der Waals surface area contributed by atoms with Crippen LogP contribution in [0.3, 0.4) is 0 Å². The molecule has 1 amide bonds. The Morgan fingerprint density at radius 2 is 2.11 bits per heavy atom. The van der Waals surface area contributed by atoms with Gasteiger partial charge in [0.2, 0.25) is 5.91 Å². The summed E-state index contributed by atoms with van der Waals surface area (Å²) in [4.78, 5) is 16.5. The molecule has 1 aromatic heterocycles. The average Bonchev–Trinajstić information content (AvgIpc) is 2.24. The summed E-state index contributed by atoms with van der Waals surface area (Å²) in [6, 6.07) is 2.21. The summed E-state index contributed by atoms with van der Waals surface area (Å²) in [5, 5.41) is 5.15. The molecule has 4 nitrogen and oxygen atoms in total. The molecule has 3 rings (SSSR count). The minimum atomic E-state index is -0.175. The molecular formula is C14H20N3O+. The quantitative estimate of drug-likeness (QED) is 0.698. The van der Waals surface area contributed by atoms with E-state index >= 15 is 0 Å². The second-order valence-corrected chi connectivity index (χ2v) is 6.59. The van der Waals surface area contributed by atoms with E-state index in [9.17, 15) is 4.79 Å². The van der Waals surface area contributed by atoms with Gasteiger partial charge in [-0.25, -0.2) is 4.98 Å². The van der Waals surface area contributed by atoms with Gasteiger partial charge in [0.15, 0.2) is 5.41 Å². The Morgan fingerprint density at radius 3 is 2.67 bits per heavy atom. The highest BCUT2D eigenvalue weighted by Gasteiger charge is 2.51. The number of carbonyl (C=O) groups excluding carboxylic acids is 1. The summed E-state index contributed by atoms with van der Waals surface area (Å²) in [5.74, 6) is 0.902. The zero-order valence-electron chi connectivity index (χ0n) is 11.2. The molecule has 3 heterocycles. The van der Waals surface area contributed by atoms with Crippen LogP contribution in [0.4, 0.5) is 5.82 Å². The van der Waals surface area contributed by atoms with Crippen molar-refractivity contribution in [3.05, 3.63) is 23.4 Å². The summed E-state index contributed by atoms with van der Waals surface area (Å²) >= 11 is 0. The third kappa shape index (κ3) is 1.63. The molecule has 0 saturated carbocycles. The zero-order valence-corrected chi connectivity index (χ0v) is 11.2. The fourth-order valence-corrected chi connectivity index (χ4v) is 2.68. The van der Waals surface area contributed by atoms with E-state index in [1.165, 1.54) is 11.1 Å². The molecule has 4 heteroatoms. The second kappa shape index (κ2) is 3.54. The van der Waals surface area contributed by atoms with Crippen LogP contribution in [0.2, 0.25) is 0 Å². The van der Waals surface area contributed by atoms with E-state index in [0.29, 0.717) is 0 Å². The first-order valence-electron chi connectivity index (χ1n) is 6.53. The number of aromatic nitrogens is 1. The van der Waals surface area contributed by atoms with Crippen molar-refractivity contribution >= 4 is 11.7 Å². The van der Waals surface area contributed by atoms with Gasteiger partial charge in [-0.15, -0.1) is 0 Å². The number of pyridine rings is 1. The second-order valence-electron chi connectivity index (χ2n) is 6.59. The van der Waals surface area contributed by atoms with Crippen molar-refractivity contribution in [2.24, 2.45) is 5.41 Å². The maximum atomic E-state index is 12.1. The van der Waals surface area contributed by atoms with Gasteiger partial charge in [-0.1, -0.05) is 26.8 Å². The first-order chi connectivity index (χ1) is 8.41. The third-order valence-electron chi connectivity index (χ3n) is 4.15. The van der Waals surface area contributed by atoms with E-state index in [4.69, 9.17) is 0 Å². The standard InChI is InChI=1S/C14H19N3O/c1-13(2,3)10-4-9-5-14(7-15-8-14)12(18)17-11(9)16-6-10/h4,6,15H,5,7-8H2,1-3H3,(H,16,17,18)/p+1. The zero-order chi connectivity index (χ0) is 13.0. The Morgan fingerprint density at radius 1 is 1.39 bits per heavy atom. The number of carbonyl (C=O) groups is 1. The summed E-state index contributed by atoms with van der Waals surface area (Å²) in [5.41, 5.74) is 2.35. The van der Waals surface area contributed by atoms with Crippen LogP contribution in [0.1, 0.15) is 31.9 Å². The lowest BCUT2D eigenvalue weighted by Crippen LogP contribution is -3.01. The Hall–Kier alpha value is -1.42. The minimum Gasteiger partial charge on any atom is -0.344 e. The first-order valence-corrected chi connectivity index (χ1v) is 6.53. The van der Waals surface area contributed by atoms with Crippen molar-refractivity contribution in [3.63, 3.8) is 0 Å². The topological polar surface area (TPSA) is 58.6 Å². The molecule has 1 saturated heterocycles. The number of rotatable bonds is 0. The SMILES string of the molecule is CC(C)(C)c1cnc2c(c1)CC1(C[NH2+]C1)C(=O)N2. The average molecular weight is 246 g/mol. The molecule has 2 aliphatic heterocycles. The van der Waals surface area contributed by atoms with Crippen LogP contribution in [0.5, 0.6) is 0 Å². The number of quaternary nitrogens is 1. The number of nitrogens with two attached hydrogens (primary N) is 1. The molecule has 0 bridgehead atoms. The van der Waals surface area contributed by atoms with Crippen molar-refractivity contribution in [3.8, 4) is 0 Å². The van der Waals surface area contributed by atoms with Gasteiger partial charge in [-0.05, 0) is 16.5 Å². The van der Waals surface area contributed by atoms with Crippen molar-refractivity contribution in [1.29, 1.82) is 0 Å². The number of nitrogens with one attached hydrogen (secondary N) is 1. The van der Waals surface area contributed by atoms with Gasteiger partial charge in [-0.3, -0.25) is 4.79 Å². The number of nitrogens with zero attached hydrogens (tertiary/aromatic N) is 1. The summed E-state index contributed by atoms with van der Waals surface area (Å²) in [7, 11) is 0. The Bertz CT molecular complexity index is 512. The predicted octanol–water partition coefficient (Wildman–Crippen LogP) is 0.437. The van der Waals surface area contributed by atoms with Crippen molar-refractivity contribution in [2.45, 2.75) is 32.6 Å². The van der Waals surface area contributed by atoms with E-state index in [2.05, 4.69) is 42.5 Å². The molecule has 3 N–H and O–H groups in total. The van der Waals surface area contributed by atoms with Crippen LogP contribution in [-0.2, 0) is 16.6 Å². The van der Waals surface area contributed by atoms with E-state index < -0.39 is 0 Å². The van der Waals surface area contributed by atoms with Crippen LogP contribution in [0, 0.1) is 5.41 Å². The highest BCUT2D eigenvalue weighted by Crippen LogP contribution is 2.35. The summed E-state index contributed by atoms with van der Waals surface area (Å²) < 4.78 is 0. The lowest BCUT2D eigenvalue weighted by atomic mass is 9.73. The molecule has 1 fully saturated rings. The molecule has 2 aliphatic rings. The Balaban J connectivity index is 2.00. The van der Waals surface area contributed by atoms with Crippen molar-refractivity contribution in [2.75, 3.05) is 18.4 Å². The van der Waals surface area contributed by atoms with Crippen LogP contribution in [0.15, 0.2) is 12.3 Å². The molecule has 96 valence electrons. The van der Waals surface area contributed by atoms with E-state index in [1.54, 1.807) is 0 Å². The molecule has 1 aromatic rings. The maximum Gasteiger partial charge on any atom is 0.243 e. The smallest absolute Gasteiger partial charge is 0.243 e. The molecule has 0 aliphatic carbocycles. The number of anilines is 1. The molecular weight excluding hydrogens is 226 g/mol. The number of hydrogen-bond acceptors (Lipinski definition) is 2. The maximum absolute atomic E-state index is 12.1. The predicted molar refractivity (Wildman–Crippen MR) is 69.4 cm³/mol. The van der Waals surface area contributed by atoms with Crippen LogP contribution < -0.4 is 10.6 Å². The van der Waals surface area contributed by atoms with E-state index in [-0.39, 0.29) is 16.7 Å². The molecule has 1 spiro atoms. The van der Waals surface area contributed by atoms with E-state index in [1.807, 2.05) is 6.20 Å². The van der Waals surface area contributed by atoms with Gasteiger partial charge >= 0.3 is 0 Å². The number of amides is 1. The minimum absolute atomic E-state index is 0.0996. The van der Waals surface area contributed by atoms with Crippen molar-refractivity contribution < 1.29 is 10.1 Å². The van der Waals surface area contributed by atoms with Crippen molar-refractivity contribution in [1.82, 2.24) is 4.98 Å². The Kier molecular flexibility index (Phi) is 2.29. The van der Waals surface area contributed by atoms with Crippen LogP contribution in [-0.4, -0.2) is 24.0 Å². The number of hydrogen-bond donors (Lipinski definition) is 2. The lowest BCUT2D eigenvalue weighted by Gasteiger charge is -2.40. The number of fused-ring (bicyclic) bond motifs is 1. The van der Waals surface area contributed by atoms with Crippen LogP contribution in [0.25, 0.3) is 0 Å². The fraction of sp³-hybridized carbons (Fsp3) is 0.571. The molecule has 0 radical (unpaired) electrons. The third-order valence-corrected chi connectivity index (χ3v) is 4.15. The van der Waals surface area contributed by atoms with Gasteiger partial charge < -0.3 is 10.6 Å². The first kappa shape index (κ1) is 11.7.